The maximum absolute atomic E-state index is 12.3. The molecule has 0 spiro atoms. The van der Waals surface area contributed by atoms with E-state index in [4.69, 9.17) is 16.3 Å². The van der Waals surface area contributed by atoms with Gasteiger partial charge in [0.15, 0.2) is 0 Å². The summed E-state index contributed by atoms with van der Waals surface area (Å²) in [4.78, 5) is 14.0. The van der Waals surface area contributed by atoms with Crippen molar-refractivity contribution in [2.75, 3.05) is 24.1 Å². The lowest BCUT2D eigenvalue weighted by molar-refractivity contribution is -0.117. The molecule has 0 unspecified atom stereocenters. The molecular weight excluding hydrogens is 286 g/mol. The maximum Gasteiger partial charge on any atom is 0.243 e. The summed E-state index contributed by atoms with van der Waals surface area (Å²) >= 11 is 5.79. The molecule has 0 heterocycles. The van der Waals surface area contributed by atoms with Gasteiger partial charge < -0.3 is 4.74 Å². The SMILES string of the molecule is CCOCN(C(=O)CCl)c1c(CC)cccc1C(C)(C)C. The molecular formula is C17H26ClNO2. The summed E-state index contributed by atoms with van der Waals surface area (Å²) < 4.78 is 5.49. The predicted molar refractivity (Wildman–Crippen MR) is 89.2 cm³/mol. The average molecular weight is 312 g/mol. The number of ether oxygens (including phenoxy) is 1. The van der Waals surface area contributed by atoms with Crippen LogP contribution in [-0.4, -0.2) is 25.1 Å². The second-order valence-electron chi connectivity index (χ2n) is 5.99. The van der Waals surface area contributed by atoms with Crippen molar-refractivity contribution in [3.05, 3.63) is 29.3 Å². The third-order valence-corrected chi connectivity index (χ3v) is 3.65. The zero-order valence-corrected chi connectivity index (χ0v) is 14.5. The number of carbonyl (C=O) groups is 1. The van der Waals surface area contributed by atoms with Crippen molar-refractivity contribution in [3.63, 3.8) is 0 Å². The third-order valence-electron chi connectivity index (χ3n) is 3.42. The minimum Gasteiger partial charge on any atom is -0.361 e. The first kappa shape index (κ1) is 18.0. The summed E-state index contributed by atoms with van der Waals surface area (Å²) in [6.07, 6.45) is 0.859. The molecule has 3 nitrogen and oxygen atoms in total. The summed E-state index contributed by atoms with van der Waals surface area (Å²) in [6.45, 7) is 11.3. The lowest BCUT2D eigenvalue weighted by atomic mass is 9.83. The molecule has 0 fully saturated rings. The highest BCUT2D eigenvalue weighted by molar-refractivity contribution is 6.29. The standard InChI is InChI=1S/C17H26ClNO2/c1-6-13-9-8-10-14(17(3,4)5)16(13)19(12-21-7-2)15(20)11-18/h8-10H,6-7,11-12H2,1-5H3. The molecule has 0 aliphatic carbocycles. The molecule has 0 radical (unpaired) electrons. The zero-order valence-electron chi connectivity index (χ0n) is 13.7. The minimum absolute atomic E-state index is 0.0469. The second kappa shape index (κ2) is 7.81. The number of hydrogen-bond acceptors (Lipinski definition) is 2. The van der Waals surface area contributed by atoms with E-state index in [1.54, 1.807) is 4.90 Å². The molecule has 4 heteroatoms. The zero-order chi connectivity index (χ0) is 16.0. The largest absolute Gasteiger partial charge is 0.361 e. The van der Waals surface area contributed by atoms with E-state index in [1.807, 2.05) is 13.0 Å². The van der Waals surface area contributed by atoms with Crippen LogP contribution in [0.1, 0.15) is 45.7 Å². The van der Waals surface area contributed by atoms with Crippen LogP contribution in [0.25, 0.3) is 0 Å². The molecule has 0 N–H and O–H groups in total. The molecule has 1 amide bonds. The van der Waals surface area contributed by atoms with Crippen LogP contribution in [0.15, 0.2) is 18.2 Å². The summed E-state index contributed by atoms with van der Waals surface area (Å²) in [5.41, 5.74) is 3.17. The summed E-state index contributed by atoms with van der Waals surface area (Å²) in [5.74, 6) is -0.175. The molecule has 0 aliphatic rings. The molecule has 0 bridgehead atoms. The number of anilines is 1. The van der Waals surface area contributed by atoms with E-state index in [2.05, 4.69) is 39.8 Å². The van der Waals surface area contributed by atoms with Crippen molar-refractivity contribution in [1.29, 1.82) is 0 Å². The fourth-order valence-electron chi connectivity index (χ4n) is 2.32. The lowest BCUT2D eigenvalue weighted by Gasteiger charge is -2.31. The number of halogens is 1. The molecule has 0 saturated carbocycles. The van der Waals surface area contributed by atoms with Gasteiger partial charge in [0, 0.05) is 6.61 Å². The van der Waals surface area contributed by atoms with Gasteiger partial charge in [0.05, 0.1) is 5.69 Å². The number of aryl methyl sites for hydroxylation is 1. The van der Waals surface area contributed by atoms with Gasteiger partial charge in [0.1, 0.15) is 12.6 Å². The van der Waals surface area contributed by atoms with Gasteiger partial charge in [-0.1, -0.05) is 45.9 Å². The Morgan fingerprint density at radius 3 is 2.43 bits per heavy atom. The van der Waals surface area contributed by atoms with Crippen LogP contribution in [0.2, 0.25) is 0 Å². The van der Waals surface area contributed by atoms with Crippen molar-refractivity contribution in [1.82, 2.24) is 0 Å². The van der Waals surface area contributed by atoms with Gasteiger partial charge in [-0.05, 0) is 29.9 Å². The fourth-order valence-corrected chi connectivity index (χ4v) is 2.46. The van der Waals surface area contributed by atoms with E-state index in [0.717, 1.165) is 23.2 Å². The number of carbonyl (C=O) groups excluding carboxylic acids is 1. The Labute approximate surface area is 133 Å². The van der Waals surface area contributed by atoms with Crippen LogP contribution in [0.5, 0.6) is 0 Å². The smallest absolute Gasteiger partial charge is 0.243 e. The second-order valence-corrected chi connectivity index (χ2v) is 6.26. The normalized spacial score (nSPS) is 11.5. The molecule has 1 rings (SSSR count). The first-order valence-corrected chi connectivity index (χ1v) is 7.96. The van der Waals surface area contributed by atoms with Crippen molar-refractivity contribution in [2.24, 2.45) is 0 Å². The highest BCUT2D eigenvalue weighted by Gasteiger charge is 2.26. The molecule has 118 valence electrons. The number of benzene rings is 1. The van der Waals surface area contributed by atoms with E-state index < -0.39 is 0 Å². The number of para-hydroxylation sites is 1. The number of alkyl halides is 1. The van der Waals surface area contributed by atoms with Gasteiger partial charge in [-0.25, -0.2) is 0 Å². The van der Waals surface area contributed by atoms with E-state index in [-0.39, 0.29) is 23.9 Å². The quantitative estimate of drug-likeness (QED) is 0.584. The Kier molecular flexibility index (Phi) is 6.69. The van der Waals surface area contributed by atoms with Crippen LogP contribution in [-0.2, 0) is 21.4 Å². The van der Waals surface area contributed by atoms with Crippen LogP contribution in [0, 0.1) is 0 Å². The molecule has 0 atom stereocenters. The monoisotopic (exact) mass is 311 g/mol. The average Bonchev–Trinajstić information content (AvgIpc) is 2.46. The maximum atomic E-state index is 12.3. The molecule has 0 aromatic heterocycles. The highest BCUT2D eigenvalue weighted by atomic mass is 35.5. The van der Waals surface area contributed by atoms with Crippen LogP contribution in [0.3, 0.4) is 0 Å². The van der Waals surface area contributed by atoms with Crippen LogP contribution < -0.4 is 4.90 Å². The number of hydrogen-bond donors (Lipinski definition) is 0. The molecule has 0 saturated heterocycles. The Balaban J connectivity index is 3.42. The fraction of sp³-hybridized carbons (Fsp3) is 0.588. The number of rotatable bonds is 6. The molecule has 0 aliphatic heterocycles. The first-order chi connectivity index (χ1) is 9.86. The number of amides is 1. The van der Waals surface area contributed by atoms with E-state index in [1.165, 1.54) is 0 Å². The summed E-state index contributed by atoms with van der Waals surface area (Å²) in [5, 5.41) is 0. The van der Waals surface area contributed by atoms with E-state index in [0.29, 0.717) is 6.61 Å². The molecule has 21 heavy (non-hydrogen) atoms. The first-order valence-electron chi connectivity index (χ1n) is 7.43. The Hall–Kier alpha value is -1.06. The van der Waals surface area contributed by atoms with E-state index in [9.17, 15) is 4.79 Å². The third kappa shape index (κ3) is 4.45. The Bertz CT molecular complexity index is 480. The molecule has 1 aromatic carbocycles. The van der Waals surface area contributed by atoms with Gasteiger partial charge in [0.2, 0.25) is 5.91 Å². The molecule has 1 aromatic rings. The summed E-state index contributed by atoms with van der Waals surface area (Å²) in [7, 11) is 0. The van der Waals surface area contributed by atoms with Crippen LogP contribution in [0.4, 0.5) is 5.69 Å². The van der Waals surface area contributed by atoms with Crippen molar-refractivity contribution < 1.29 is 9.53 Å². The topological polar surface area (TPSA) is 29.5 Å². The predicted octanol–water partition coefficient (Wildman–Crippen LogP) is 4.11. The van der Waals surface area contributed by atoms with Gasteiger partial charge in [-0.15, -0.1) is 11.6 Å². The van der Waals surface area contributed by atoms with Gasteiger partial charge in [0.25, 0.3) is 0 Å². The van der Waals surface area contributed by atoms with Crippen LogP contribution >= 0.6 is 11.6 Å². The van der Waals surface area contributed by atoms with Gasteiger partial charge >= 0.3 is 0 Å². The Morgan fingerprint density at radius 1 is 1.29 bits per heavy atom. The van der Waals surface area contributed by atoms with Crippen molar-refractivity contribution in [3.8, 4) is 0 Å². The number of nitrogens with zero attached hydrogens (tertiary/aromatic N) is 1. The van der Waals surface area contributed by atoms with E-state index >= 15 is 0 Å². The van der Waals surface area contributed by atoms with Crippen molar-refractivity contribution in [2.45, 2.75) is 46.5 Å². The van der Waals surface area contributed by atoms with Gasteiger partial charge in [-0.3, -0.25) is 9.69 Å². The highest BCUT2D eigenvalue weighted by Crippen LogP contribution is 2.35. The Morgan fingerprint density at radius 2 is 1.95 bits per heavy atom. The minimum atomic E-state index is -0.128. The van der Waals surface area contributed by atoms with Crippen molar-refractivity contribution >= 4 is 23.2 Å². The summed E-state index contributed by atoms with van der Waals surface area (Å²) in [6, 6.07) is 6.19. The van der Waals surface area contributed by atoms with Gasteiger partial charge in [-0.2, -0.15) is 0 Å². The lowest BCUT2D eigenvalue weighted by Crippen LogP contribution is -2.36.